The van der Waals surface area contributed by atoms with Crippen LogP contribution in [0.25, 0.3) is 0 Å². The summed E-state index contributed by atoms with van der Waals surface area (Å²) < 4.78 is 24.1. The molecule has 0 aromatic heterocycles. The summed E-state index contributed by atoms with van der Waals surface area (Å²) in [5.74, 6) is -0.0981. The quantitative estimate of drug-likeness (QED) is 0.920. The largest absolute Gasteiger partial charge is 0.454 e. The van der Waals surface area contributed by atoms with E-state index in [1.165, 1.54) is 18.2 Å². The van der Waals surface area contributed by atoms with Gasteiger partial charge in [0.05, 0.1) is 17.3 Å². The number of ether oxygens (including phenoxy) is 2. The number of carbonyl (C=O) groups is 1. The third kappa shape index (κ3) is 2.49. The van der Waals surface area contributed by atoms with Crippen molar-refractivity contribution >= 4 is 11.6 Å². The van der Waals surface area contributed by atoms with Crippen LogP contribution in [0.4, 0.5) is 10.1 Å². The molecule has 1 N–H and O–H groups in total. The van der Waals surface area contributed by atoms with E-state index >= 15 is 0 Å². The number of nitriles is 1. The molecule has 0 bridgehead atoms. The third-order valence-electron chi connectivity index (χ3n) is 2.98. The van der Waals surface area contributed by atoms with Crippen molar-refractivity contribution in [3.8, 4) is 17.6 Å². The minimum Gasteiger partial charge on any atom is -0.454 e. The fourth-order valence-corrected chi connectivity index (χ4v) is 1.92. The van der Waals surface area contributed by atoms with Crippen LogP contribution in [0.2, 0.25) is 0 Å². The van der Waals surface area contributed by atoms with Crippen molar-refractivity contribution in [1.82, 2.24) is 0 Å². The minimum absolute atomic E-state index is 0.0108. The van der Waals surface area contributed by atoms with E-state index in [0.29, 0.717) is 17.1 Å². The third-order valence-corrected chi connectivity index (χ3v) is 2.98. The van der Waals surface area contributed by atoms with Crippen LogP contribution in [0.5, 0.6) is 11.5 Å². The van der Waals surface area contributed by atoms with Crippen LogP contribution in [-0.2, 0) is 0 Å². The number of hydrogen-bond acceptors (Lipinski definition) is 4. The number of amides is 1. The summed E-state index contributed by atoms with van der Waals surface area (Å²) in [6, 6.07) is 10.4. The van der Waals surface area contributed by atoms with Crippen LogP contribution in [0.3, 0.4) is 0 Å². The Morgan fingerprint density at radius 3 is 2.76 bits per heavy atom. The lowest BCUT2D eigenvalue weighted by molar-refractivity contribution is 0.102. The molecule has 0 atom stereocenters. The first-order chi connectivity index (χ1) is 10.2. The van der Waals surface area contributed by atoms with Gasteiger partial charge in [0.15, 0.2) is 11.5 Å². The maximum atomic E-state index is 13.7. The molecule has 3 rings (SSSR count). The number of anilines is 1. The molecule has 1 aliphatic heterocycles. The van der Waals surface area contributed by atoms with Gasteiger partial charge in [-0.25, -0.2) is 4.39 Å². The minimum atomic E-state index is -0.664. The van der Waals surface area contributed by atoms with Gasteiger partial charge in [-0.2, -0.15) is 5.26 Å². The number of benzene rings is 2. The van der Waals surface area contributed by atoms with Gasteiger partial charge in [-0.15, -0.1) is 0 Å². The van der Waals surface area contributed by atoms with Gasteiger partial charge < -0.3 is 14.8 Å². The Balaban J connectivity index is 1.82. The van der Waals surface area contributed by atoms with Crippen molar-refractivity contribution in [2.75, 3.05) is 12.1 Å². The van der Waals surface area contributed by atoms with E-state index in [0.717, 1.165) is 6.07 Å². The Bertz CT molecular complexity index is 768. The molecule has 2 aromatic carbocycles. The second-order valence-corrected chi connectivity index (χ2v) is 4.33. The summed E-state index contributed by atoms with van der Waals surface area (Å²) in [7, 11) is 0. The molecule has 0 radical (unpaired) electrons. The fraction of sp³-hybridized carbons (Fsp3) is 0.0667. The number of carbonyl (C=O) groups excluding carboxylic acids is 1. The molecule has 1 amide bonds. The van der Waals surface area contributed by atoms with Crippen LogP contribution in [-0.4, -0.2) is 12.7 Å². The number of nitrogens with one attached hydrogen (secondary N) is 1. The zero-order valence-electron chi connectivity index (χ0n) is 10.7. The van der Waals surface area contributed by atoms with Gasteiger partial charge in [0.1, 0.15) is 5.82 Å². The zero-order chi connectivity index (χ0) is 14.8. The highest BCUT2D eigenvalue weighted by atomic mass is 19.1. The molecule has 1 heterocycles. The number of hydrogen-bond donors (Lipinski definition) is 1. The average molecular weight is 284 g/mol. The number of nitrogens with zero attached hydrogens (tertiary/aromatic N) is 1. The highest BCUT2D eigenvalue weighted by molar-refractivity contribution is 6.04. The van der Waals surface area contributed by atoms with E-state index in [2.05, 4.69) is 5.32 Å². The van der Waals surface area contributed by atoms with Gasteiger partial charge in [0.2, 0.25) is 6.79 Å². The first-order valence-corrected chi connectivity index (χ1v) is 6.08. The SMILES string of the molecule is N#Cc1ccc(NC(=O)c2ccc3c(c2)OCO3)c(F)c1. The number of halogens is 1. The van der Waals surface area contributed by atoms with Crippen LogP contribution < -0.4 is 14.8 Å². The highest BCUT2D eigenvalue weighted by Crippen LogP contribution is 2.32. The summed E-state index contributed by atoms with van der Waals surface area (Å²) >= 11 is 0. The first kappa shape index (κ1) is 12.9. The van der Waals surface area contributed by atoms with Crippen molar-refractivity contribution in [3.05, 3.63) is 53.3 Å². The molecule has 1 aliphatic rings. The van der Waals surface area contributed by atoms with E-state index in [1.807, 2.05) is 6.07 Å². The predicted molar refractivity (Wildman–Crippen MR) is 71.6 cm³/mol. The molecule has 0 spiro atoms. The van der Waals surface area contributed by atoms with E-state index in [4.69, 9.17) is 14.7 Å². The van der Waals surface area contributed by atoms with Gasteiger partial charge in [0.25, 0.3) is 5.91 Å². The second kappa shape index (κ2) is 5.13. The standard InChI is InChI=1S/C15H9FN2O3/c16-11-5-9(7-17)1-3-12(11)18-15(19)10-2-4-13-14(6-10)21-8-20-13/h1-6H,8H2,(H,18,19). The Labute approximate surface area is 119 Å². The highest BCUT2D eigenvalue weighted by Gasteiger charge is 2.17. The van der Waals surface area contributed by atoms with E-state index in [-0.39, 0.29) is 18.0 Å². The van der Waals surface area contributed by atoms with E-state index in [1.54, 1.807) is 12.1 Å². The van der Waals surface area contributed by atoms with Gasteiger partial charge in [-0.1, -0.05) is 0 Å². The van der Waals surface area contributed by atoms with Gasteiger partial charge in [-0.3, -0.25) is 4.79 Å². The molecule has 104 valence electrons. The smallest absolute Gasteiger partial charge is 0.255 e. The van der Waals surface area contributed by atoms with Gasteiger partial charge in [-0.05, 0) is 36.4 Å². The molecule has 0 fully saturated rings. The summed E-state index contributed by atoms with van der Waals surface area (Å²) in [6.07, 6.45) is 0. The topological polar surface area (TPSA) is 71.4 Å². The molecule has 21 heavy (non-hydrogen) atoms. The Morgan fingerprint density at radius 2 is 2.00 bits per heavy atom. The maximum absolute atomic E-state index is 13.7. The molecule has 0 aliphatic carbocycles. The van der Waals surface area contributed by atoms with Crippen LogP contribution in [0.1, 0.15) is 15.9 Å². The molecular formula is C15H9FN2O3. The molecule has 6 heteroatoms. The Kier molecular flexibility index (Phi) is 3.16. The van der Waals surface area contributed by atoms with Crippen molar-refractivity contribution in [2.45, 2.75) is 0 Å². The maximum Gasteiger partial charge on any atom is 0.255 e. The van der Waals surface area contributed by atoms with Crippen molar-refractivity contribution in [2.24, 2.45) is 0 Å². The summed E-state index contributed by atoms with van der Waals surface area (Å²) in [6.45, 7) is 0.116. The van der Waals surface area contributed by atoms with E-state index in [9.17, 15) is 9.18 Å². The van der Waals surface area contributed by atoms with Crippen molar-refractivity contribution in [3.63, 3.8) is 0 Å². The molecule has 2 aromatic rings. The monoisotopic (exact) mass is 284 g/mol. The molecular weight excluding hydrogens is 275 g/mol. The summed E-state index contributed by atoms with van der Waals surface area (Å²) in [5.41, 5.74) is 0.522. The lowest BCUT2D eigenvalue weighted by atomic mass is 10.1. The van der Waals surface area contributed by atoms with Gasteiger partial charge >= 0.3 is 0 Å². The van der Waals surface area contributed by atoms with Crippen molar-refractivity contribution < 1.29 is 18.7 Å². The van der Waals surface area contributed by atoms with Crippen LogP contribution in [0.15, 0.2) is 36.4 Å². The summed E-state index contributed by atoms with van der Waals surface area (Å²) in [4.78, 5) is 12.1. The normalized spacial score (nSPS) is 11.8. The molecule has 0 saturated carbocycles. The first-order valence-electron chi connectivity index (χ1n) is 6.08. The number of rotatable bonds is 2. The average Bonchev–Trinajstić information content (AvgIpc) is 2.96. The van der Waals surface area contributed by atoms with Gasteiger partial charge in [0, 0.05) is 5.56 Å². The van der Waals surface area contributed by atoms with E-state index < -0.39 is 11.7 Å². The lowest BCUT2D eigenvalue weighted by Crippen LogP contribution is -2.13. The Morgan fingerprint density at radius 1 is 1.19 bits per heavy atom. The molecule has 0 saturated heterocycles. The Hall–Kier alpha value is -3.07. The molecule has 0 unspecified atom stereocenters. The predicted octanol–water partition coefficient (Wildman–Crippen LogP) is 2.68. The zero-order valence-corrected chi connectivity index (χ0v) is 10.7. The number of fused-ring (bicyclic) bond motifs is 1. The summed E-state index contributed by atoms with van der Waals surface area (Å²) in [5, 5.41) is 11.1. The van der Waals surface area contributed by atoms with Crippen LogP contribution >= 0.6 is 0 Å². The lowest BCUT2D eigenvalue weighted by Gasteiger charge is -2.07. The fourth-order valence-electron chi connectivity index (χ4n) is 1.92. The molecule has 5 nitrogen and oxygen atoms in total. The van der Waals surface area contributed by atoms with Crippen molar-refractivity contribution in [1.29, 1.82) is 5.26 Å². The second-order valence-electron chi connectivity index (χ2n) is 4.33. The van der Waals surface area contributed by atoms with Crippen LogP contribution in [0, 0.1) is 17.1 Å².